The molecule has 7 nitrogen and oxygen atoms in total. The number of carbonyl (C=O) groups excluding carboxylic acids is 3. The monoisotopic (exact) mass is 422 g/mol. The number of aliphatic imine (C=N–C) groups is 1. The standard InChI is InChI=1S/C22H22N4O3S/c1-25(23-15-16-9-4-3-5-10-16)22(30-2)24-19(27)13-8-14-26-20(28)17-11-6-7-12-18(17)21(26)29/h3-7,9-12,15H,8,13-14H2,1-2H3. The summed E-state index contributed by atoms with van der Waals surface area (Å²) in [5, 5.41) is 6.32. The Hall–Kier alpha value is -3.26. The Bertz CT molecular complexity index is 969. The molecule has 8 heteroatoms. The fourth-order valence-corrected chi connectivity index (χ4v) is 3.49. The molecule has 30 heavy (non-hydrogen) atoms. The van der Waals surface area contributed by atoms with Crippen molar-refractivity contribution >= 4 is 40.9 Å². The minimum absolute atomic E-state index is 0.133. The van der Waals surface area contributed by atoms with Crippen molar-refractivity contribution in [3.63, 3.8) is 0 Å². The zero-order valence-electron chi connectivity index (χ0n) is 16.8. The number of hydrogen-bond acceptors (Lipinski definition) is 5. The van der Waals surface area contributed by atoms with Crippen molar-refractivity contribution in [1.29, 1.82) is 0 Å². The maximum Gasteiger partial charge on any atom is 0.261 e. The molecule has 1 aliphatic heterocycles. The number of amidine groups is 1. The largest absolute Gasteiger partial charge is 0.274 e. The lowest BCUT2D eigenvalue weighted by atomic mass is 10.1. The van der Waals surface area contributed by atoms with E-state index in [9.17, 15) is 14.4 Å². The highest BCUT2D eigenvalue weighted by atomic mass is 32.2. The van der Waals surface area contributed by atoms with Crippen LogP contribution in [0.15, 0.2) is 64.7 Å². The first-order valence-corrected chi connectivity index (χ1v) is 10.7. The Morgan fingerprint density at radius 1 is 1.03 bits per heavy atom. The van der Waals surface area contributed by atoms with Gasteiger partial charge >= 0.3 is 0 Å². The molecule has 154 valence electrons. The third-order valence-corrected chi connectivity index (χ3v) is 5.23. The lowest BCUT2D eigenvalue weighted by molar-refractivity contribution is -0.117. The van der Waals surface area contributed by atoms with Crippen LogP contribution in [-0.2, 0) is 4.79 Å². The average Bonchev–Trinajstić information content (AvgIpc) is 3.01. The van der Waals surface area contributed by atoms with Gasteiger partial charge in [0.25, 0.3) is 11.8 Å². The predicted octanol–water partition coefficient (Wildman–Crippen LogP) is 3.27. The van der Waals surface area contributed by atoms with Crippen LogP contribution in [0.1, 0.15) is 39.1 Å². The van der Waals surface area contributed by atoms with Gasteiger partial charge in [-0.1, -0.05) is 54.2 Å². The number of imide groups is 1. The normalized spacial score (nSPS) is 13.8. The first-order valence-electron chi connectivity index (χ1n) is 9.44. The highest BCUT2D eigenvalue weighted by Crippen LogP contribution is 2.22. The van der Waals surface area contributed by atoms with Gasteiger partial charge in [0.05, 0.1) is 17.3 Å². The molecule has 0 radical (unpaired) electrons. The van der Waals surface area contributed by atoms with Crippen molar-refractivity contribution in [1.82, 2.24) is 9.91 Å². The number of amides is 3. The van der Waals surface area contributed by atoms with E-state index < -0.39 is 0 Å². The van der Waals surface area contributed by atoms with Gasteiger partial charge in [-0.3, -0.25) is 19.3 Å². The molecule has 2 aromatic carbocycles. The molecule has 1 heterocycles. The fourth-order valence-electron chi connectivity index (χ4n) is 2.99. The number of thioether (sulfide) groups is 1. The molecule has 0 unspecified atom stereocenters. The van der Waals surface area contributed by atoms with Gasteiger partial charge in [-0.2, -0.15) is 10.1 Å². The molecule has 3 amide bonds. The molecule has 0 aliphatic carbocycles. The minimum atomic E-state index is -0.322. The third-order valence-electron chi connectivity index (χ3n) is 4.51. The summed E-state index contributed by atoms with van der Waals surface area (Å²) in [6.45, 7) is 0.185. The van der Waals surface area contributed by atoms with Crippen molar-refractivity contribution < 1.29 is 14.4 Å². The first-order chi connectivity index (χ1) is 14.5. The molecule has 0 saturated heterocycles. The fraction of sp³-hybridized carbons (Fsp3) is 0.227. The molecular formula is C22H22N4O3S. The van der Waals surface area contributed by atoms with Crippen LogP contribution in [-0.4, -0.2) is 58.9 Å². The maximum absolute atomic E-state index is 12.4. The van der Waals surface area contributed by atoms with E-state index in [1.807, 2.05) is 36.6 Å². The molecule has 1 aliphatic rings. The molecule has 0 spiro atoms. The smallest absolute Gasteiger partial charge is 0.261 e. The van der Waals surface area contributed by atoms with E-state index in [-0.39, 0.29) is 30.7 Å². The van der Waals surface area contributed by atoms with Crippen molar-refractivity contribution in [3.8, 4) is 0 Å². The van der Waals surface area contributed by atoms with Crippen LogP contribution < -0.4 is 0 Å². The highest BCUT2D eigenvalue weighted by Gasteiger charge is 2.34. The summed E-state index contributed by atoms with van der Waals surface area (Å²) < 4.78 is 0. The van der Waals surface area contributed by atoms with Gasteiger partial charge in [0.1, 0.15) is 0 Å². The highest BCUT2D eigenvalue weighted by molar-refractivity contribution is 8.13. The van der Waals surface area contributed by atoms with Crippen LogP contribution in [0.2, 0.25) is 0 Å². The molecule has 2 aromatic rings. The molecule has 0 atom stereocenters. The zero-order valence-corrected chi connectivity index (χ0v) is 17.6. The van der Waals surface area contributed by atoms with E-state index in [1.54, 1.807) is 42.5 Å². The summed E-state index contributed by atoms with van der Waals surface area (Å²) in [6.07, 6.45) is 4.00. The predicted molar refractivity (Wildman–Crippen MR) is 119 cm³/mol. The number of hydrazone groups is 1. The van der Waals surface area contributed by atoms with Crippen LogP contribution >= 0.6 is 11.8 Å². The summed E-state index contributed by atoms with van der Waals surface area (Å²) in [7, 11) is 1.72. The summed E-state index contributed by atoms with van der Waals surface area (Å²) in [5.74, 6) is -0.949. The summed E-state index contributed by atoms with van der Waals surface area (Å²) in [5.41, 5.74) is 1.76. The lowest BCUT2D eigenvalue weighted by Crippen LogP contribution is -2.31. The van der Waals surface area contributed by atoms with Gasteiger partial charge in [0.15, 0.2) is 5.17 Å². The minimum Gasteiger partial charge on any atom is -0.274 e. The summed E-state index contributed by atoms with van der Waals surface area (Å²) in [6, 6.07) is 16.4. The summed E-state index contributed by atoms with van der Waals surface area (Å²) >= 11 is 1.32. The maximum atomic E-state index is 12.4. The van der Waals surface area contributed by atoms with Gasteiger partial charge in [-0.15, -0.1) is 0 Å². The van der Waals surface area contributed by atoms with E-state index in [0.717, 1.165) is 5.56 Å². The van der Waals surface area contributed by atoms with Crippen molar-refractivity contribution in [2.75, 3.05) is 19.8 Å². The van der Waals surface area contributed by atoms with Crippen LogP contribution in [0, 0.1) is 0 Å². The number of rotatable bonds is 6. The van der Waals surface area contributed by atoms with Gasteiger partial charge in [-0.25, -0.2) is 5.01 Å². The van der Waals surface area contributed by atoms with Crippen LogP contribution in [0.5, 0.6) is 0 Å². The number of hydrogen-bond donors (Lipinski definition) is 0. The number of nitrogens with zero attached hydrogens (tertiary/aromatic N) is 4. The topological polar surface area (TPSA) is 82.4 Å². The van der Waals surface area contributed by atoms with Gasteiger partial charge in [0, 0.05) is 20.0 Å². The van der Waals surface area contributed by atoms with E-state index >= 15 is 0 Å². The van der Waals surface area contributed by atoms with Crippen molar-refractivity contribution in [2.24, 2.45) is 10.1 Å². The van der Waals surface area contributed by atoms with Gasteiger partial charge < -0.3 is 0 Å². The van der Waals surface area contributed by atoms with Gasteiger partial charge in [0.2, 0.25) is 5.91 Å². The van der Waals surface area contributed by atoms with Crippen molar-refractivity contribution in [3.05, 3.63) is 71.3 Å². The molecular weight excluding hydrogens is 400 g/mol. The molecule has 0 aromatic heterocycles. The molecule has 0 saturated carbocycles. The second-order valence-electron chi connectivity index (χ2n) is 6.58. The van der Waals surface area contributed by atoms with Crippen LogP contribution in [0.4, 0.5) is 0 Å². The average molecular weight is 423 g/mol. The second-order valence-corrected chi connectivity index (χ2v) is 7.36. The Morgan fingerprint density at radius 3 is 2.23 bits per heavy atom. The molecule has 3 rings (SSSR count). The van der Waals surface area contributed by atoms with E-state index in [0.29, 0.717) is 22.7 Å². The Balaban J connectivity index is 1.54. The summed E-state index contributed by atoms with van der Waals surface area (Å²) in [4.78, 5) is 42.3. The van der Waals surface area contributed by atoms with Crippen LogP contribution in [0.3, 0.4) is 0 Å². The van der Waals surface area contributed by atoms with E-state index in [1.165, 1.54) is 16.7 Å². The zero-order chi connectivity index (χ0) is 21.5. The van der Waals surface area contributed by atoms with Crippen LogP contribution in [0.25, 0.3) is 0 Å². The van der Waals surface area contributed by atoms with Gasteiger partial charge in [-0.05, 0) is 30.4 Å². The number of benzene rings is 2. The quantitative estimate of drug-likeness (QED) is 0.309. The van der Waals surface area contributed by atoms with E-state index in [2.05, 4.69) is 10.1 Å². The Kier molecular flexibility index (Phi) is 7.13. The van der Waals surface area contributed by atoms with Crippen molar-refractivity contribution in [2.45, 2.75) is 12.8 Å². The Labute approximate surface area is 179 Å². The first kappa shape index (κ1) is 21.4. The number of fused-ring (bicyclic) bond motifs is 1. The molecule has 0 fully saturated rings. The Morgan fingerprint density at radius 2 is 1.63 bits per heavy atom. The van der Waals surface area contributed by atoms with E-state index in [4.69, 9.17) is 0 Å². The molecule has 0 N–H and O–H groups in total. The lowest BCUT2D eigenvalue weighted by Gasteiger charge is -2.14. The number of carbonyl (C=O) groups is 3. The SMILES string of the molecule is CSC(=NC(=O)CCCN1C(=O)c2ccccc2C1=O)N(C)N=Cc1ccccc1. The second kappa shape index (κ2) is 9.98. The third kappa shape index (κ3) is 5.01. The molecule has 0 bridgehead atoms.